The Morgan fingerprint density at radius 2 is 2.10 bits per heavy atom. The Balaban J connectivity index is 2.23. The molecule has 2 rings (SSSR count). The third kappa shape index (κ3) is 2.82. The van der Waals surface area contributed by atoms with Crippen molar-refractivity contribution >= 4 is 10.0 Å². The van der Waals surface area contributed by atoms with Gasteiger partial charge in [0.1, 0.15) is 0 Å². The van der Waals surface area contributed by atoms with E-state index in [2.05, 4.69) is 4.72 Å². The molecule has 21 heavy (non-hydrogen) atoms. The number of aryl methyl sites for hydroxylation is 1. The van der Waals surface area contributed by atoms with Crippen LogP contribution in [0.25, 0.3) is 0 Å². The van der Waals surface area contributed by atoms with Crippen LogP contribution in [0.3, 0.4) is 0 Å². The molecule has 0 amide bonds. The van der Waals surface area contributed by atoms with Gasteiger partial charge in [-0.25, -0.2) is 13.1 Å². The Kier molecular flexibility index (Phi) is 4.11. The van der Waals surface area contributed by atoms with Gasteiger partial charge in [-0.2, -0.15) is 5.26 Å². The second-order valence-electron chi connectivity index (χ2n) is 6.05. The topological polar surface area (TPSA) is 79.2 Å². The highest BCUT2D eigenvalue weighted by Crippen LogP contribution is 2.43. The molecule has 2 atom stereocenters. The molecule has 114 valence electrons. The van der Waals surface area contributed by atoms with Gasteiger partial charge in [-0.15, -0.1) is 0 Å². The first-order chi connectivity index (χ1) is 9.72. The van der Waals surface area contributed by atoms with E-state index in [0.29, 0.717) is 17.5 Å². The van der Waals surface area contributed by atoms with E-state index in [1.807, 2.05) is 19.9 Å². The zero-order valence-corrected chi connectivity index (χ0v) is 13.5. The Bertz CT molecular complexity index is 689. The van der Waals surface area contributed by atoms with Crippen LogP contribution < -0.4 is 4.72 Å². The second kappa shape index (κ2) is 5.41. The predicted molar refractivity (Wildman–Crippen MR) is 79.2 cm³/mol. The minimum atomic E-state index is -3.59. The van der Waals surface area contributed by atoms with E-state index in [9.17, 15) is 8.42 Å². The summed E-state index contributed by atoms with van der Waals surface area (Å²) < 4.78 is 33.1. The van der Waals surface area contributed by atoms with E-state index < -0.39 is 10.0 Å². The predicted octanol–water partition coefficient (Wildman–Crippen LogP) is 1.96. The molecule has 1 aliphatic rings. The molecule has 0 bridgehead atoms. The Labute approximate surface area is 126 Å². The van der Waals surface area contributed by atoms with Crippen LogP contribution in [-0.4, -0.2) is 27.7 Å². The van der Waals surface area contributed by atoms with Crippen molar-refractivity contribution in [2.75, 3.05) is 7.11 Å². The van der Waals surface area contributed by atoms with Crippen LogP contribution in [0, 0.1) is 23.7 Å². The molecule has 0 heterocycles. The van der Waals surface area contributed by atoms with Gasteiger partial charge in [0.25, 0.3) is 0 Å². The molecular weight excluding hydrogens is 288 g/mol. The lowest BCUT2D eigenvalue weighted by atomic mass is 9.65. The summed E-state index contributed by atoms with van der Waals surface area (Å²) in [6.07, 6.45) is 0.727. The van der Waals surface area contributed by atoms with E-state index >= 15 is 0 Å². The van der Waals surface area contributed by atoms with Gasteiger partial charge in [0.2, 0.25) is 10.0 Å². The van der Waals surface area contributed by atoms with E-state index in [1.54, 1.807) is 20.1 Å². The van der Waals surface area contributed by atoms with E-state index in [4.69, 9.17) is 10.00 Å². The Morgan fingerprint density at radius 3 is 2.57 bits per heavy atom. The van der Waals surface area contributed by atoms with Crippen LogP contribution in [0.4, 0.5) is 0 Å². The van der Waals surface area contributed by atoms with Crippen molar-refractivity contribution in [1.82, 2.24) is 4.72 Å². The molecule has 0 aliphatic heterocycles. The SMILES string of the molecule is COC1CC(NS(=O)(=O)c2ccc(C#N)cc2C)C1(C)C. The first-order valence-corrected chi connectivity index (χ1v) is 8.26. The summed E-state index contributed by atoms with van der Waals surface area (Å²) in [5.74, 6) is 0. The van der Waals surface area contributed by atoms with E-state index in [-0.39, 0.29) is 22.5 Å². The van der Waals surface area contributed by atoms with Gasteiger partial charge in [0.05, 0.1) is 22.6 Å². The maximum absolute atomic E-state index is 12.5. The quantitative estimate of drug-likeness (QED) is 0.922. The normalized spacial score (nSPS) is 24.1. The molecule has 1 aromatic rings. The molecule has 5 nitrogen and oxygen atoms in total. The first-order valence-electron chi connectivity index (χ1n) is 6.78. The Morgan fingerprint density at radius 1 is 1.43 bits per heavy atom. The van der Waals surface area contributed by atoms with Gasteiger partial charge in [-0.3, -0.25) is 0 Å². The van der Waals surface area contributed by atoms with Gasteiger partial charge in [-0.05, 0) is 37.1 Å². The number of rotatable bonds is 4. The van der Waals surface area contributed by atoms with Gasteiger partial charge < -0.3 is 4.74 Å². The highest BCUT2D eigenvalue weighted by molar-refractivity contribution is 7.89. The number of nitriles is 1. The average Bonchev–Trinajstić information content (AvgIpc) is 2.42. The second-order valence-corrected chi connectivity index (χ2v) is 7.73. The number of benzene rings is 1. The third-order valence-corrected chi connectivity index (χ3v) is 5.99. The van der Waals surface area contributed by atoms with Crippen LogP contribution >= 0.6 is 0 Å². The molecule has 6 heteroatoms. The molecular formula is C15H20N2O3S. The van der Waals surface area contributed by atoms with E-state index in [0.717, 1.165) is 0 Å². The van der Waals surface area contributed by atoms with Gasteiger partial charge in [0, 0.05) is 18.6 Å². The summed E-state index contributed by atoms with van der Waals surface area (Å²) in [5.41, 5.74) is 0.791. The largest absolute Gasteiger partial charge is 0.381 e. The summed E-state index contributed by atoms with van der Waals surface area (Å²) in [4.78, 5) is 0.221. The minimum absolute atomic E-state index is 0.0623. The molecule has 0 saturated heterocycles. The molecule has 0 aromatic heterocycles. The summed E-state index contributed by atoms with van der Waals surface area (Å²) in [6.45, 7) is 5.67. The minimum Gasteiger partial charge on any atom is -0.381 e. The molecule has 1 aromatic carbocycles. The molecule has 1 aliphatic carbocycles. The van der Waals surface area contributed by atoms with Gasteiger partial charge >= 0.3 is 0 Å². The number of nitrogens with one attached hydrogen (secondary N) is 1. The summed E-state index contributed by atoms with van der Waals surface area (Å²) >= 11 is 0. The molecule has 1 fully saturated rings. The molecule has 0 radical (unpaired) electrons. The van der Waals surface area contributed by atoms with Crippen LogP contribution in [0.1, 0.15) is 31.4 Å². The highest BCUT2D eigenvalue weighted by atomic mass is 32.2. The van der Waals surface area contributed by atoms with Crippen LogP contribution in [0.15, 0.2) is 23.1 Å². The number of sulfonamides is 1. The van der Waals surface area contributed by atoms with Crippen molar-refractivity contribution in [3.05, 3.63) is 29.3 Å². The first kappa shape index (κ1) is 16.0. The van der Waals surface area contributed by atoms with Gasteiger partial charge in [-0.1, -0.05) is 13.8 Å². The number of hydrogen-bond donors (Lipinski definition) is 1. The fourth-order valence-electron chi connectivity index (χ4n) is 2.76. The molecule has 1 saturated carbocycles. The monoisotopic (exact) mass is 308 g/mol. The maximum Gasteiger partial charge on any atom is 0.241 e. The van der Waals surface area contributed by atoms with Crippen LogP contribution in [-0.2, 0) is 14.8 Å². The standard InChI is InChI=1S/C15H20N2O3S/c1-10-7-11(9-16)5-6-12(10)21(18,19)17-13-8-14(20-4)15(13,2)3/h5-7,13-14,17H,8H2,1-4H3. The number of ether oxygens (including phenoxy) is 1. The van der Waals surface area contributed by atoms with Crippen molar-refractivity contribution in [2.24, 2.45) is 5.41 Å². The average molecular weight is 308 g/mol. The summed E-state index contributed by atoms with van der Waals surface area (Å²) in [5, 5.41) is 8.84. The number of hydrogen-bond acceptors (Lipinski definition) is 4. The van der Waals surface area contributed by atoms with E-state index in [1.165, 1.54) is 12.1 Å². The zero-order valence-electron chi connectivity index (χ0n) is 12.7. The van der Waals surface area contributed by atoms with Crippen LogP contribution in [0.5, 0.6) is 0 Å². The smallest absolute Gasteiger partial charge is 0.241 e. The van der Waals surface area contributed by atoms with Gasteiger partial charge in [0.15, 0.2) is 0 Å². The lowest BCUT2D eigenvalue weighted by Crippen LogP contribution is -2.61. The highest BCUT2D eigenvalue weighted by Gasteiger charge is 2.50. The maximum atomic E-state index is 12.5. The van der Waals surface area contributed by atoms with Crippen molar-refractivity contribution in [2.45, 2.75) is 44.2 Å². The summed E-state index contributed by atoms with van der Waals surface area (Å²) in [6, 6.07) is 6.44. The lowest BCUT2D eigenvalue weighted by molar-refractivity contribution is -0.0908. The Hall–Kier alpha value is -1.42. The molecule has 2 unspecified atom stereocenters. The van der Waals surface area contributed by atoms with Crippen molar-refractivity contribution in [3.8, 4) is 6.07 Å². The number of methoxy groups -OCH3 is 1. The van der Waals surface area contributed by atoms with Crippen molar-refractivity contribution in [3.63, 3.8) is 0 Å². The van der Waals surface area contributed by atoms with Crippen molar-refractivity contribution in [1.29, 1.82) is 5.26 Å². The molecule has 0 spiro atoms. The van der Waals surface area contributed by atoms with Crippen LogP contribution in [0.2, 0.25) is 0 Å². The summed E-state index contributed by atoms with van der Waals surface area (Å²) in [7, 11) is -1.95. The zero-order chi connectivity index (χ0) is 15.8. The third-order valence-electron chi connectivity index (χ3n) is 4.35. The number of nitrogens with zero attached hydrogens (tertiary/aromatic N) is 1. The fourth-order valence-corrected chi connectivity index (χ4v) is 4.39. The molecule has 1 N–H and O–H groups in total. The fraction of sp³-hybridized carbons (Fsp3) is 0.533. The van der Waals surface area contributed by atoms with Crippen molar-refractivity contribution < 1.29 is 13.2 Å². The lowest BCUT2D eigenvalue weighted by Gasteiger charge is -2.51.